The summed E-state index contributed by atoms with van der Waals surface area (Å²) in [7, 11) is 0. The van der Waals surface area contributed by atoms with Gasteiger partial charge in [-0.2, -0.15) is 0 Å². The number of nitrogens with one attached hydrogen (secondary N) is 1. The lowest BCUT2D eigenvalue weighted by molar-refractivity contribution is -0.117. The van der Waals surface area contributed by atoms with Gasteiger partial charge in [0.2, 0.25) is 5.91 Å². The first kappa shape index (κ1) is 15.4. The molecule has 1 amide bonds. The van der Waals surface area contributed by atoms with Gasteiger partial charge in [0.15, 0.2) is 0 Å². The summed E-state index contributed by atoms with van der Waals surface area (Å²) in [5, 5.41) is 5.78. The van der Waals surface area contributed by atoms with Gasteiger partial charge in [0.05, 0.1) is 6.04 Å². The highest BCUT2D eigenvalue weighted by Gasteiger charge is 2.14. The highest BCUT2D eigenvalue weighted by molar-refractivity contribution is 7.09. The summed E-state index contributed by atoms with van der Waals surface area (Å²) in [6, 6.07) is 6.02. The molecule has 0 aliphatic heterocycles. The van der Waals surface area contributed by atoms with E-state index in [4.69, 9.17) is 0 Å². The SMILES string of the molecule is CCC(NC(=O)/C=C/c1cccc(F)c1)c1nc(C)cs1. The molecule has 1 aromatic heterocycles. The molecule has 0 spiro atoms. The Morgan fingerprint density at radius 1 is 1.52 bits per heavy atom. The summed E-state index contributed by atoms with van der Waals surface area (Å²) in [5.41, 5.74) is 1.61. The number of aryl methyl sites for hydroxylation is 1. The molecule has 0 saturated carbocycles. The molecule has 1 unspecified atom stereocenters. The first-order valence-corrected chi connectivity index (χ1v) is 7.62. The van der Waals surface area contributed by atoms with E-state index in [0.29, 0.717) is 5.56 Å². The first-order chi connectivity index (χ1) is 10.1. The topological polar surface area (TPSA) is 42.0 Å². The molecule has 1 N–H and O–H groups in total. The lowest BCUT2D eigenvalue weighted by atomic mass is 10.2. The van der Waals surface area contributed by atoms with Crippen LogP contribution in [0.15, 0.2) is 35.7 Å². The van der Waals surface area contributed by atoms with E-state index in [-0.39, 0.29) is 17.8 Å². The standard InChI is InChI=1S/C16H17FN2OS/c1-3-14(16-18-11(2)10-21-16)19-15(20)8-7-12-5-4-6-13(17)9-12/h4-10,14H,3H2,1-2H3,(H,19,20)/b8-7+. The monoisotopic (exact) mass is 304 g/mol. The molecule has 0 fully saturated rings. The van der Waals surface area contributed by atoms with Crippen LogP contribution in [0.1, 0.15) is 35.7 Å². The first-order valence-electron chi connectivity index (χ1n) is 6.74. The second kappa shape index (κ2) is 7.13. The van der Waals surface area contributed by atoms with Crippen molar-refractivity contribution in [2.24, 2.45) is 0 Å². The average Bonchev–Trinajstić information content (AvgIpc) is 2.89. The zero-order valence-electron chi connectivity index (χ0n) is 12.0. The maximum absolute atomic E-state index is 13.0. The van der Waals surface area contributed by atoms with Crippen LogP contribution < -0.4 is 5.32 Å². The maximum atomic E-state index is 13.0. The molecule has 0 aliphatic rings. The highest BCUT2D eigenvalue weighted by Crippen LogP contribution is 2.20. The number of carbonyl (C=O) groups excluding carboxylic acids is 1. The average molecular weight is 304 g/mol. The van der Waals surface area contributed by atoms with E-state index < -0.39 is 0 Å². The fourth-order valence-corrected chi connectivity index (χ4v) is 2.80. The zero-order valence-corrected chi connectivity index (χ0v) is 12.8. The summed E-state index contributed by atoms with van der Waals surface area (Å²) in [4.78, 5) is 16.3. The second-order valence-electron chi connectivity index (χ2n) is 4.68. The van der Waals surface area contributed by atoms with Crippen molar-refractivity contribution >= 4 is 23.3 Å². The van der Waals surface area contributed by atoms with Crippen molar-refractivity contribution in [3.8, 4) is 0 Å². The van der Waals surface area contributed by atoms with E-state index in [2.05, 4.69) is 10.3 Å². The van der Waals surface area contributed by atoms with Crippen LogP contribution in [-0.4, -0.2) is 10.9 Å². The number of hydrogen-bond acceptors (Lipinski definition) is 3. The fraction of sp³-hybridized carbons (Fsp3) is 0.250. The molecular formula is C16H17FN2OS. The molecule has 3 nitrogen and oxygen atoms in total. The minimum atomic E-state index is -0.317. The van der Waals surface area contributed by atoms with Crippen LogP contribution in [-0.2, 0) is 4.79 Å². The van der Waals surface area contributed by atoms with Gasteiger partial charge in [-0.05, 0) is 37.1 Å². The summed E-state index contributed by atoms with van der Waals surface area (Å²) in [6.45, 7) is 3.93. The van der Waals surface area contributed by atoms with Gasteiger partial charge in [0, 0.05) is 17.2 Å². The van der Waals surface area contributed by atoms with Crippen molar-refractivity contribution in [3.63, 3.8) is 0 Å². The normalized spacial score (nSPS) is 12.5. The number of carbonyl (C=O) groups is 1. The Balaban J connectivity index is 2.00. The Bertz CT molecular complexity index is 651. The molecule has 1 atom stereocenters. The number of hydrogen-bond donors (Lipinski definition) is 1. The minimum Gasteiger partial charge on any atom is -0.343 e. The molecule has 0 bridgehead atoms. The summed E-state index contributed by atoms with van der Waals surface area (Å²) < 4.78 is 13.0. The third-order valence-electron chi connectivity index (χ3n) is 2.94. The van der Waals surface area contributed by atoms with Crippen molar-refractivity contribution < 1.29 is 9.18 Å². The summed E-state index contributed by atoms with van der Waals surface area (Å²) in [5.74, 6) is -0.527. The summed E-state index contributed by atoms with van der Waals surface area (Å²) in [6.07, 6.45) is 3.78. The van der Waals surface area contributed by atoms with E-state index in [9.17, 15) is 9.18 Å². The maximum Gasteiger partial charge on any atom is 0.244 e. The van der Waals surface area contributed by atoms with Gasteiger partial charge in [-0.15, -0.1) is 11.3 Å². The van der Waals surface area contributed by atoms with Crippen LogP contribution >= 0.6 is 11.3 Å². The fourth-order valence-electron chi connectivity index (χ4n) is 1.87. The molecule has 21 heavy (non-hydrogen) atoms. The molecule has 0 saturated heterocycles. The third-order valence-corrected chi connectivity index (χ3v) is 4.01. The highest BCUT2D eigenvalue weighted by atomic mass is 32.1. The number of nitrogens with zero attached hydrogens (tertiary/aromatic N) is 1. The van der Waals surface area contributed by atoms with Gasteiger partial charge in [-0.1, -0.05) is 19.1 Å². The molecule has 1 heterocycles. The minimum absolute atomic E-state index is 0.0895. The van der Waals surface area contributed by atoms with Gasteiger partial charge in [-0.25, -0.2) is 9.37 Å². The van der Waals surface area contributed by atoms with Crippen molar-refractivity contribution in [2.75, 3.05) is 0 Å². The van der Waals surface area contributed by atoms with E-state index in [0.717, 1.165) is 17.1 Å². The van der Waals surface area contributed by atoms with Crippen LogP contribution in [0.5, 0.6) is 0 Å². The number of thiazole rings is 1. The van der Waals surface area contributed by atoms with Crippen LogP contribution in [0.2, 0.25) is 0 Å². The van der Waals surface area contributed by atoms with Crippen LogP contribution in [0.25, 0.3) is 6.08 Å². The van der Waals surface area contributed by atoms with Gasteiger partial charge in [0.1, 0.15) is 10.8 Å². The van der Waals surface area contributed by atoms with Crippen molar-refractivity contribution in [1.29, 1.82) is 0 Å². The van der Waals surface area contributed by atoms with Crippen molar-refractivity contribution in [2.45, 2.75) is 26.3 Å². The number of benzene rings is 1. The van der Waals surface area contributed by atoms with Crippen molar-refractivity contribution in [1.82, 2.24) is 10.3 Å². The number of amides is 1. The third kappa shape index (κ3) is 4.49. The second-order valence-corrected chi connectivity index (χ2v) is 5.57. The van der Waals surface area contributed by atoms with E-state index in [1.54, 1.807) is 29.5 Å². The van der Waals surface area contributed by atoms with Crippen molar-refractivity contribution in [3.05, 3.63) is 57.8 Å². The molecular weight excluding hydrogens is 287 g/mol. The number of halogens is 1. The zero-order chi connectivity index (χ0) is 15.2. The quantitative estimate of drug-likeness (QED) is 0.852. The van der Waals surface area contributed by atoms with Gasteiger partial charge >= 0.3 is 0 Å². The summed E-state index contributed by atoms with van der Waals surface area (Å²) >= 11 is 1.54. The van der Waals surface area contributed by atoms with Gasteiger partial charge < -0.3 is 5.32 Å². The molecule has 2 rings (SSSR count). The number of rotatable bonds is 5. The smallest absolute Gasteiger partial charge is 0.244 e. The Morgan fingerprint density at radius 2 is 2.33 bits per heavy atom. The Hall–Kier alpha value is -2.01. The molecule has 0 aliphatic carbocycles. The number of aromatic nitrogens is 1. The lowest BCUT2D eigenvalue weighted by Crippen LogP contribution is -2.26. The molecule has 1 aromatic carbocycles. The van der Waals surface area contributed by atoms with Gasteiger partial charge in [-0.3, -0.25) is 4.79 Å². The van der Waals surface area contributed by atoms with Crippen LogP contribution in [0.4, 0.5) is 4.39 Å². The Labute approximate surface area is 127 Å². The predicted octanol–water partition coefficient (Wildman–Crippen LogP) is 3.87. The molecule has 110 valence electrons. The van der Waals surface area contributed by atoms with E-state index in [1.165, 1.54) is 18.2 Å². The molecule has 0 radical (unpaired) electrons. The van der Waals surface area contributed by atoms with E-state index >= 15 is 0 Å². The van der Waals surface area contributed by atoms with Gasteiger partial charge in [0.25, 0.3) is 0 Å². The van der Waals surface area contributed by atoms with Crippen LogP contribution in [0, 0.1) is 12.7 Å². The largest absolute Gasteiger partial charge is 0.343 e. The Morgan fingerprint density at radius 3 is 2.95 bits per heavy atom. The molecule has 5 heteroatoms. The molecule has 2 aromatic rings. The Kier molecular flexibility index (Phi) is 5.22. The van der Waals surface area contributed by atoms with Crippen LogP contribution in [0.3, 0.4) is 0 Å². The van der Waals surface area contributed by atoms with E-state index in [1.807, 2.05) is 19.2 Å². The predicted molar refractivity (Wildman–Crippen MR) is 83.5 cm³/mol. The lowest BCUT2D eigenvalue weighted by Gasteiger charge is -2.12.